The molecule has 14 heteroatoms. The van der Waals surface area contributed by atoms with Crippen molar-refractivity contribution >= 4 is 28.5 Å². The van der Waals surface area contributed by atoms with Crippen molar-refractivity contribution in [3.63, 3.8) is 0 Å². The van der Waals surface area contributed by atoms with Crippen molar-refractivity contribution in [3.8, 4) is 0 Å². The van der Waals surface area contributed by atoms with Gasteiger partial charge in [-0.2, -0.15) is 0 Å². The van der Waals surface area contributed by atoms with Gasteiger partial charge in [0.15, 0.2) is 11.9 Å². The van der Waals surface area contributed by atoms with E-state index >= 15 is 0 Å². The van der Waals surface area contributed by atoms with Gasteiger partial charge in [-0.1, -0.05) is 19.8 Å². The van der Waals surface area contributed by atoms with Gasteiger partial charge < -0.3 is 34.9 Å². The number of aliphatic hydroxyl groups is 4. The first kappa shape index (κ1) is 33.2. The molecule has 6 atom stereocenters. The maximum absolute atomic E-state index is 13.1. The van der Waals surface area contributed by atoms with Crippen LogP contribution in [0.4, 0.5) is 0 Å². The third-order valence-electron chi connectivity index (χ3n) is 7.01. The number of imidazole rings is 1. The average Bonchev–Trinajstić information content (AvgIpc) is 3.48. The third kappa shape index (κ3) is 8.01. The minimum absolute atomic E-state index is 0.0696. The second kappa shape index (κ2) is 15.1. The van der Waals surface area contributed by atoms with Crippen LogP contribution in [0.15, 0.2) is 15.9 Å². The predicted molar refractivity (Wildman–Crippen MR) is 142 cm³/mol. The zero-order valence-corrected chi connectivity index (χ0v) is 23.3. The van der Waals surface area contributed by atoms with Crippen molar-refractivity contribution in [3.05, 3.63) is 27.2 Å². The number of rotatable bonds is 13. The summed E-state index contributed by atoms with van der Waals surface area (Å²) in [7, 11) is 0. The summed E-state index contributed by atoms with van der Waals surface area (Å²) in [6.45, 7) is 6.01. The molecule has 3 rings (SSSR count). The molecule has 1 aliphatic rings. The lowest BCUT2D eigenvalue weighted by molar-refractivity contribution is -0.132. The summed E-state index contributed by atoms with van der Waals surface area (Å²) in [5, 5.41) is 35.0. The highest BCUT2D eigenvalue weighted by Crippen LogP contribution is 2.23. The molecule has 0 aliphatic carbocycles. The number of aromatic amines is 1. The van der Waals surface area contributed by atoms with E-state index in [-0.39, 0.29) is 54.4 Å². The predicted octanol–water partition coefficient (Wildman–Crippen LogP) is -0.726. The molecule has 2 aromatic rings. The van der Waals surface area contributed by atoms with E-state index < -0.39 is 54.3 Å². The lowest BCUT2D eigenvalue weighted by Crippen LogP contribution is -2.43. The van der Waals surface area contributed by atoms with Gasteiger partial charge in [-0.25, -0.2) is 9.78 Å². The maximum atomic E-state index is 13.1. The van der Waals surface area contributed by atoms with Crippen molar-refractivity contribution in [1.82, 2.24) is 19.1 Å². The Bertz CT molecular complexity index is 1280. The quantitative estimate of drug-likeness (QED) is 0.190. The van der Waals surface area contributed by atoms with Gasteiger partial charge in [0, 0.05) is 31.3 Å². The Hall–Kier alpha value is -3.04. The molecule has 2 aromatic heterocycles. The highest BCUT2D eigenvalue weighted by atomic mass is 16.6. The topological polar surface area (TPSA) is 214 Å². The number of hydrogen-bond acceptors (Lipinski definition) is 11. The zero-order valence-electron chi connectivity index (χ0n) is 23.3. The Balaban J connectivity index is 0.000000469. The fourth-order valence-electron chi connectivity index (χ4n) is 4.65. The summed E-state index contributed by atoms with van der Waals surface area (Å²) >= 11 is 0. The van der Waals surface area contributed by atoms with Crippen LogP contribution in [0.1, 0.15) is 59.8 Å². The standard InChI is InChI=1S/C21H30N4O5.C5H10O5/c1-5-6-7-10-24-20(29)18-19(23-12-22-18)25(21(24)30)11-17(15(4)28)16(14(3)27)9-8-13(2)26;6-1-2-3(7)4(8)5(9)10-2/h12,16-17H,5-11H2,1-4H3,(H,22,23);2-9H,1H2/t;2-,3-,4-,5?/m.1/s1. The SMILES string of the molecule is CCCCCn1c(=O)c2[nH]cnc2n(CC(C(C)=O)C(CCC(C)=O)C(C)=O)c1=O.OC[C@H]1OC(O)[C@H](O)[C@@H]1O. The summed E-state index contributed by atoms with van der Waals surface area (Å²) < 4.78 is 7.00. The molecule has 224 valence electrons. The second-order valence-electron chi connectivity index (χ2n) is 10.1. The number of nitrogens with zero attached hydrogens (tertiary/aromatic N) is 3. The summed E-state index contributed by atoms with van der Waals surface area (Å²) in [6.07, 6.45) is -0.510. The van der Waals surface area contributed by atoms with Crippen molar-refractivity contribution in [2.45, 2.75) is 97.5 Å². The molecule has 3 heterocycles. The van der Waals surface area contributed by atoms with Crippen LogP contribution in [0.2, 0.25) is 0 Å². The van der Waals surface area contributed by atoms with E-state index in [0.717, 1.165) is 17.4 Å². The number of unbranched alkanes of at least 4 members (excludes halogenated alkanes) is 2. The van der Waals surface area contributed by atoms with Gasteiger partial charge in [-0.05, 0) is 33.6 Å². The molecule has 1 fully saturated rings. The minimum atomic E-state index is -1.38. The molecule has 0 spiro atoms. The molecule has 40 heavy (non-hydrogen) atoms. The van der Waals surface area contributed by atoms with Crippen LogP contribution in [0.3, 0.4) is 0 Å². The van der Waals surface area contributed by atoms with Crippen molar-refractivity contribution < 1.29 is 39.5 Å². The van der Waals surface area contributed by atoms with E-state index in [1.807, 2.05) is 6.92 Å². The number of aromatic nitrogens is 4. The van der Waals surface area contributed by atoms with Gasteiger partial charge in [0.2, 0.25) is 0 Å². The van der Waals surface area contributed by atoms with Crippen LogP contribution in [0.5, 0.6) is 0 Å². The van der Waals surface area contributed by atoms with Gasteiger partial charge >= 0.3 is 5.69 Å². The second-order valence-corrected chi connectivity index (χ2v) is 10.1. The number of Topliss-reactive ketones (excluding diaryl/α,β-unsaturated/α-hetero) is 3. The number of carbonyl (C=O) groups excluding carboxylic acids is 3. The lowest BCUT2D eigenvalue weighted by atomic mass is 9.82. The lowest BCUT2D eigenvalue weighted by Gasteiger charge is -2.24. The van der Waals surface area contributed by atoms with Crippen LogP contribution in [0.25, 0.3) is 11.2 Å². The van der Waals surface area contributed by atoms with Gasteiger partial charge in [0.25, 0.3) is 5.56 Å². The largest absolute Gasteiger partial charge is 0.394 e. The minimum Gasteiger partial charge on any atom is -0.394 e. The van der Waals surface area contributed by atoms with E-state index in [1.54, 1.807) is 0 Å². The van der Waals surface area contributed by atoms with E-state index in [4.69, 9.17) is 20.4 Å². The number of carbonyl (C=O) groups is 3. The first-order chi connectivity index (χ1) is 18.8. The number of nitrogens with one attached hydrogen (secondary N) is 1. The van der Waals surface area contributed by atoms with Crippen LogP contribution in [-0.4, -0.2) is 88.1 Å². The van der Waals surface area contributed by atoms with Crippen LogP contribution >= 0.6 is 0 Å². The highest BCUT2D eigenvalue weighted by molar-refractivity contribution is 5.88. The molecule has 3 unspecified atom stereocenters. The fourth-order valence-corrected chi connectivity index (χ4v) is 4.65. The van der Waals surface area contributed by atoms with Crippen molar-refractivity contribution in [2.75, 3.05) is 6.61 Å². The Morgan fingerprint density at radius 1 is 1.02 bits per heavy atom. The van der Waals surface area contributed by atoms with Crippen molar-refractivity contribution in [1.29, 1.82) is 0 Å². The number of fused-ring (bicyclic) bond motifs is 1. The molecule has 0 bridgehead atoms. The molecule has 5 N–H and O–H groups in total. The van der Waals surface area contributed by atoms with E-state index in [1.165, 1.54) is 31.7 Å². The summed E-state index contributed by atoms with van der Waals surface area (Å²) in [5.41, 5.74) is -0.636. The van der Waals surface area contributed by atoms with Gasteiger partial charge in [-0.3, -0.25) is 23.5 Å². The van der Waals surface area contributed by atoms with Gasteiger partial charge in [0.05, 0.1) is 12.9 Å². The monoisotopic (exact) mass is 568 g/mol. The van der Waals surface area contributed by atoms with E-state index in [0.29, 0.717) is 6.42 Å². The Labute approximate surface area is 230 Å². The van der Waals surface area contributed by atoms with Crippen LogP contribution in [-0.2, 0) is 32.2 Å². The maximum Gasteiger partial charge on any atom is 0.332 e. The number of ketones is 3. The first-order valence-corrected chi connectivity index (χ1v) is 13.3. The third-order valence-corrected chi connectivity index (χ3v) is 7.01. The normalized spacial score (nSPS) is 22.0. The summed E-state index contributed by atoms with van der Waals surface area (Å²) in [5.74, 6) is -2.01. The van der Waals surface area contributed by atoms with E-state index in [9.17, 15) is 24.0 Å². The first-order valence-electron chi connectivity index (χ1n) is 13.3. The van der Waals surface area contributed by atoms with Crippen LogP contribution < -0.4 is 11.2 Å². The average molecular weight is 569 g/mol. The number of H-pyrrole nitrogens is 1. The molecular formula is C26H40N4O10. The van der Waals surface area contributed by atoms with Gasteiger partial charge in [0.1, 0.15) is 41.2 Å². The molecule has 0 amide bonds. The number of aliphatic hydroxyl groups excluding tert-OH is 4. The van der Waals surface area contributed by atoms with Gasteiger partial charge in [-0.15, -0.1) is 0 Å². The fraction of sp³-hybridized carbons (Fsp3) is 0.692. The molecule has 14 nitrogen and oxygen atoms in total. The number of ether oxygens (including phenoxy) is 1. The highest BCUT2D eigenvalue weighted by Gasteiger charge is 2.41. The Kier molecular flexibility index (Phi) is 12.5. The molecule has 0 radical (unpaired) electrons. The zero-order chi connectivity index (χ0) is 30.1. The molecule has 0 aromatic carbocycles. The van der Waals surface area contributed by atoms with E-state index in [2.05, 4.69) is 14.7 Å². The Morgan fingerprint density at radius 2 is 1.68 bits per heavy atom. The smallest absolute Gasteiger partial charge is 0.332 e. The van der Waals surface area contributed by atoms with Crippen LogP contribution in [0, 0.1) is 11.8 Å². The molecular weight excluding hydrogens is 528 g/mol. The molecule has 1 aliphatic heterocycles. The summed E-state index contributed by atoms with van der Waals surface area (Å²) in [4.78, 5) is 68.9. The summed E-state index contributed by atoms with van der Waals surface area (Å²) in [6, 6.07) is 0. The molecule has 0 saturated carbocycles. The Morgan fingerprint density at radius 3 is 2.15 bits per heavy atom. The number of hydrogen-bond donors (Lipinski definition) is 5. The van der Waals surface area contributed by atoms with Crippen molar-refractivity contribution in [2.24, 2.45) is 11.8 Å². The molecule has 1 saturated heterocycles.